The second kappa shape index (κ2) is 11.0. The van der Waals surface area contributed by atoms with Crippen LogP contribution in [0.4, 0.5) is 0 Å². The number of para-hydroxylation sites is 1. The van der Waals surface area contributed by atoms with Crippen molar-refractivity contribution < 1.29 is 0 Å². The first-order valence-electron chi connectivity index (χ1n) is 15.8. The molecule has 4 nitrogen and oxygen atoms in total. The molecule has 0 bridgehead atoms. The molecule has 6 aromatic carbocycles. The van der Waals surface area contributed by atoms with Gasteiger partial charge >= 0.3 is 0 Å². The van der Waals surface area contributed by atoms with E-state index in [0.29, 0.717) is 23.2 Å². The summed E-state index contributed by atoms with van der Waals surface area (Å²) in [4.78, 5) is 20.1. The number of nitrogens with zero attached hydrogens (tertiary/aromatic N) is 4. The van der Waals surface area contributed by atoms with Crippen LogP contribution in [0.2, 0.25) is 0 Å². The highest BCUT2D eigenvalue weighted by Crippen LogP contribution is 2.56. The molecule has 1 aliphatic carbocycles. The van der Waals surface area contributed by atoms with Crippen molar-refractivity contribution in [3.63, 3.8) is 0 Å². The third-order valence-corrected chi connectivity index (χ3v) is 9.21. The number of aromatic nitrogens is 4. The fraction of sp³-hybridized carbons (Fsp3) is 0.0233. The summed E-state index contributed by atoms with van der Waals surface area (Å²) < 4.78 is 0. The van der Waals surface area contributed by atoms with E-state index in [2.05, 4.69) is 115 Å². The van der Waals surface area contributed by atoms with E-state index in [4.69, 9.17) is 19.9 Å². The Kier molecular flexibility index (Phi) is 6.32. The van der Waals surface area contributed by atoms with Crippen LogP contribution in [-0.2, 0) is 5.41 Å². The zero-order valence-corrected chi connectivity index (χ0v) is 25.5. The Morgan fingerprint density at radius 2 is 0.936 bits per heavy atom. The summed E-state index contributed by atoms with van der Waals surface area (Å²) in [5.74, 6) is 1.76. The van der Waals surface area contributed by atoms with E-state index < -0.39 is 5.41 Å². The molecule has 0 fully saturated rings. The van der Waals surface area contributed by atoms with Gasteiger partial charge in [0.2, 0.25) is 0 Å². The van der Waals surface area contributed by atoms with Gasteiger partial charge in [-0.2, -0.15) is 0 Å². The maximum Gasteiger partial charge on any atom is 0.182 e. The molecule has 0 N–H and O–H groups in total. The van der Waals surface area contributed by atoms with Gasteiger partial charge in [0.1, 0.15) is 5.69 Å². The Bertz CT molecular complexity index is 2360. The number of pyridine rings is 1. The topological polar surface area (TPSA) is 51.6 Å². The number of fused-ring (bicyclic) bond motifs is 4. The largest absolute Gasteiger partial charge is 0.244 e. The lowest BCUT2D eigenvalue weighted by molar-refractivity contribution is 0.768. The Balaban J connectivity index is 1.30. The normalized spacial score (nSPS) is 12.9. The second-order valence-electron chi connectivity index (χ2n) is 11.8. The van der Waals surface area contributed by atoms with Crippen molar-refractivity contribution in [3.8, 4) is 45.4 Å². The molecular formula is C43H28N4. The number of hydrogen-bond donors (Lipinski definition) is 0. The van der Waals surface area contributed by atoms with Crippen molar-refractivity contribution in [1.29, 1.82) is 0 Å². The van der Waals surface area contributed by atoms with Crippen LogP contribution in [0.5, 0.6) is 0 Å². The molecule has 2 heterocycles. The molecule has 4 heteroatoms. The Morgan fingerprint density at radius 3 is 1.68 bits per heavy atom. The molecule has 220 valence electrons. The van der Waals surface area contributed by atoms with Gasteiger partial charge < -0.3 is 0 Å². The third kappa shape index (κ3) is 4.38. The average Bonchev–Trinajstić information content (AvgIpc) is 3.46. The monoisotopic (exact) mass is 600 g/mol. The first-order valence-corrected chi connectivity index (χ1v) is 15.8. The van der Waals surface area contributed by atoms with E-state index in [0.717, 1.165) is 22.0 Å². The van der Waals surface area contributed by atoms with Crippen molar-refractivity contribution in [2.75, 3.05) is 0 Å². The molecule has 47 heavy (non-hydrogen) atoms. The van der Waals surface area contributed by atoms with Crippen molar-refractivity contribution in [3.05, 3.63) is 192 Å². The third-order valence-electron chi connectivity index (χ3n) is 9.21. The van der Waals surface area contributed by atoms with Gasteiger partial charge in [0, 0.05) is 16.5 Å². The van der Waals surface area contributed by atoms with E-state index in [1.54, 1.807) is 0 Å². The Hall–Kier alpha value is -6.26. The van der Waals surface area contributed by atoms with Crippen LogP contribution in [-0.4, -0.2) is 19.9 Å². The lowest BCUT2D eigenvalue weighted by Gasteiger charge is -2.34. The highest BCUT2D eigenvalue weighted by atomic mass is 15.0. The van der Waals surface area contributed by atoms with Gasteiger partial charge in [-0.15, -0.1) is 0 Å². The van der Waals surface area contributed by atoms with Gasteiger partial charge in [0.15, 0.2) is 17.5 Å². The minimum Gasteiger partial charge on any atom is -0.244 e. The van der Waals surface area contributed by atoms with E-state index in [9.17, 15) is 0 Å². The number of benzene rings is 6. The predicted octanol–water partition coefficient (Wildman–Crippen LogP) is 9.78. The van der Waals surface area contributed by atoms with Gasteiger partial charge in [-0.1, -0.05) is 152 Å². The van der Waals surface area contributed by atoms with Gasteiger partial charge in [-0.25, -0.2) is 19.9 Å². The fourth-order valence-corrected chi connectivity index (χ4v) is 7.11. The lowest BCUT2D eigenvalue weighted by atomic mass is 9.67. The maximum absolute atomic E-state index is 5.09. The minimum absolute atomic E-state index is 0.511. The molecule has 0 aliphatic heterocycles. The molecule has 8 aromatic rings. The van der Waals surface area contributed by atoms with Crippen LogP contribution in [0, 0.1) is 0 Å². The maximum atomic E-state index is 5.09. The summed E-state index contributed by atoms with van der Waals surface area (Å²) in [7, 11) is 0. The number of rotatable bonds is 5. The molecule has 0 saturated heterocycles. The highest BCUT2D eigenvalue weighted by molar-refractivity contribution is 5.88. The van der Waals surface area contributed by atoms with Crippen LogP contribution in [0.25, 0.3) is 56.3 Å². The second-order valence-corrected chi connectivity index (χ2v) is 11.8. The quantitative estimate of drug-likeness (QED) is 0.197. The van der Waals surface area contributed by atoms with Crippen LogP contribution >= 0.6 is 0 Å². The Labute approximate surface area is 273 Å². The minimum atomic E-state index is -0.511. The first-order chi connectivity index (χ1) is 23.3. The van der Waals surface area contributed by atoms with Crippen molar-refractivity contribution in [2.24, 2.45) is 0 Å². The molecule has 0 saturated carbocycles. The standard InChI is InChI=1S/C43H28N4/c1-4-15-30(16-5-1)40-45-41(47-42(46-40)39-27-25-29-14-10-13-23-38(29)44-39)31-24-26-35-34-21-11-12-22-36(34)43(37(35)28-31,32-17-6-2-7-18-32)33-19-8-3-9-20-33/h1-28H. The smallest absolute Gasteiger partial charge is 0.182 e. The van der Waals surface area contributed by atoms with Crippen LogP contribution < -0.4 is 0 Å². The van der Waals surface area contributed by atoms with Gasteiger partial charge in [0.25, 0.3) is 0 Å². The molecule has 0 atom stereocenters. The van der Waals surface area contributed by atoms with Gasteiger partial charge in [-0.3, -0.25) is 0 Å². The zero-order valence-electron chi connectivity index (χ0n) is 25.5. The van der Waals surface area contributed by atoms with E-state index in [1.165, 1.54) is 33.4 Å². The molecule has 0 radical (unpaired) electrons. The van der Waals surface area contributed by atoms with Crippen LogP contribution in [0.3, 0.4) is 0 Å². The van der Waals surface area contributed by atoms with E-state index in [1.807, 2.05) is 54.6 Å². The number of hydrogen-bond acceptors (Lipinski definition) is 4. The van der Waals surface area contributed by atoms with Crippen LogP contribution in [0.15, 0.2) is 170 Å². The highest BCUT2D eigenvalue weighted by Gasteiger charge is 2.46. The van der Waals surface area contributed by atoms with E-state index >= 15 is 0 Å². The fourth-order valence-electron chi connectivity index (χ4n) is 7.11. The summed E-state index contributed by atoms with van der Waals surface area (Å²) in [6.45, 7) is 0. The van der Waals surface area contributed by atoms with Crippen molar-refractivity contribution in [2.45, 2.75) is 5.41 Å². The summed E-state index contributed by atoms with van der Waals surface area (Å²) in [6.07, 6.45) is 0. The predicted molar refractivity (Wildman–Crippen MR) is 189 cm³/mol. The summed E-state index contributed by atoms with van der Waals surface area (Å²) in [5, 5.41) is 1.07. The summed E-state index contributed by atoms with van der Waals surface area (Å²) >= 11 is 0. The first kappa shape index (κ1) is 27.1. The molecule has 0 spiro atoms. The Morgan fingerprint density at radius 1 is 0.362 bits per heavy atom. The van der Waals surface area contributed by atoms with Gasteiger partial charge in [-0.05, 0) is 51.6 Å². The average molecular weight is 601 g/mol. The van der Waals surface area contributed by atoms with Crippen molar-refractivity contribution in [1.82, 2.24) is 19.9 Å². The molecule has 0 unspecified atom stereocenters. The van der Waals surface area contributed by atoms with Crippen LogP contribution in [0.1, 0.15) is 22.3 Å². The molecule has 1 aliphatic rings. The summed E-state index contributed by atoms with van der Waals surface area (Å²) in [6, 6.07) is 59.4. The molecule has 2 aromatic heterocycles. The molecule has 0 amide bonds. The van der Waals surface area contributed by atoms with E-state index in [-0.39, 0.29) is 0 Å². The van der Waals surface area contributed by atoms with Gasteiger partial charge in [0.05, 0.1) is 10.9 Å². The molecular weight excluding hydrogens is 573 g/mol. The van der Waals surface area contributed by atoms with Crippen molar-refractivity contribution >= 4 is 10.9 Å². The zero-order chi connectivity index (χ0) is 31.2. The lowest BCUT2D eigenvalue weighted by Crippen LogP contribution is -2.28. The summed E-state index contributed by atoms with van der Waals surface area (Å²) in [5.41, 5.74) is 10.3. The molecule has 9 rings (SSSR count). The SMILES string of the molecule is c1ccc(-c2nc(-c3ccc4c(c3)C(c3ccccc3)(c3ccccc3)c3ccccc3-4)nc(-c3ccc4ccccc4n3)n2)cc1.